The van der Waals surface area contributed by atoms with Crippen LogP contribution in [0.15, 0.2) is 18.2 Å². The van der Waals surface area contributed by atoms with Crippen LogP contribution < -0.4 is 0 Å². The number of nitrogens with zero attached hydrogens (tertiary/aromatic N) is 1. The highest BCUT2D eigenvalue weighted by Gasteiger charge is 2.26. The number of benzene rings is 1. The van der Waals surface area contributed by atoms with Gasteiger partial charge >= 0.3 is 0 Å². The molecule has 0 radical (unpaired) electrons. The molecular weight excluding hydrogens is 206 g/mol. The molecule has 0 aromatic heterocycles. The Bertz CT molecular complexity index is 437. The monoisotopic (exact) mass is 229 g/mol. The molecule has 0 spiro atoms. The summed E-state index contributed by atoms with van der Waals surface area (Å²) < 4.78 is 0. The molecule has 1 nitrogen and oxygen atoms in total. The van der Waals surface area contributed by atoms with Gasteiger partial charge in [-0.15, -0.1) is 6.42 Å². The zero-order valence-corrected chi connectivity index (χ0v) is 11.8. The molecule has 17 heavy (non-hydrogen) atoms. The fraction of sp³-hybridized carbons (Fsp3) is 0.500. The van der Waals surface area contributed by atoms with E-state index in [2.05, 4.69) is 70.7 Å². The number of hydrogen-bond donors (Lipinski definition) is 0. The molecule has 0 saturated carbocycles. The zero-order valence-electron chi connectivity index (χ0n) is 11.8. The molecule has 1 aromatic rings. The zero-order chi connectivity index (χ0) is 13.2. The summed E-state index contributed by atoms with van der Waals surface area (Å²) in [5.41, 5.74) is 3.76. The topological polar surface area (TPSA) is 3.24 Å². The molecule has 92 valence electrons. The van der Waals surface area contributed by atoms with Crippen molar-refractivity contribution in [2.45, 2.75) is 46.2 Å². The fourth-order valence-electron chi connectivity index (χ4n) is 2.09. The maximum atomic E-state index is 5.59. The lowest BCUT2D eigenvalue weighted by molar-refractivity contribution is 0.158. The van der Waals surface area contributed by atoms with E-state index in [-0.39, 0.29) is 5.54 Å². The van der Waals surface area contributed by atoms with Crippen LogP contribution >= 0.6 is 0 Å². The van der Waals surface area contributed by atoms with Gasteiger partial charge in [-0.05, 0) is 52.8 Å². The standard InChI is InChI=1S/C16H23N/c1-8-16(5,6)17(7)14(4)15-10-9-12(2)11-13(15)3/h1,9-11,14H,2-7H3. The van der Waals surface area contributed by atoms with E-state index >= 15 is 0 Å². The highest BCUT2D eigenvalue weighted by molar-refractivity contribution is 5.33. The van der Waals surface area contributed by atoms with Crippen LogP contribution in [0.1, 0.15) is 43.5 Å². The smallest absolute Gasteiger partial charge is 0.0768 e. The summed E-state index contributed by atoms with van der Waals surface area (Å²) in [4.78, 5) is 2.24. The maximum absolute atomic E-state index is 5.59. The van der Waals surface area contributed by atoms with Gasteiger partial charge in [0.05, 0.1) is 5.54 Å². The van der Waals surface area contributed by atoms with E-state index in [1.807, 2.05) is 0 Å². The third-order valence-corrected chi connectivity index (χ3v) is 3.69. The van der Waals surface area contributed by atoms with Gasteiger partial charge in [0.15, 0.2) is 0 Å². The minimum Gasteiger partial charge on any atom is -0.284 e. The number of hydrogen-bond acceptors (Lipinski definition) is 1. The van der Waals surface area contributed by atoms with Gasteiger partial charge in [0.2, 0.25) is 0 Å². The van der Waals surface area contributed by atoms with Gasteiger partial charge in [-0.3, -0.25) is 4.90 Å². The first-order chi connectivity index (χ1) is 7.79. The van der Waals surface area contributed by atoms with Crippen molar-refractivity contribution < 1.29 is 0 Å². The Hall–Kier alpha value is -1.26. The summed E-state index contributed by atoms with van der Waals surface area (Å²) in [6.45, 7) is 10.6. The summed E-state index contributed by atoms with van der Waals surface area (Å²) in [5, 5.41) is 0. The second-order valence-electron chi connectivity index (χ2n) is 5.35. The van der Waals surface area contributed by atoms with Gasteiger partial charge in [-0.25, -0.2) is 0 Å². The molecule has 0 aliphatic carbocycles. The van der Waals surface area contributed by atoms with E-state index in [1.54, 1.807) is 0 Å². The van der Waals surface area contributed by atoms with Gasteiger partial charge in [0.1, 0.15) is 0 Å². The van der Waals surface area contributed by atoms with Crippen LogP contribution in [-0.2, 0) is 0 Å². The van der Waals surface area contributed by atoms with Crippen LogP contribution in [0.2, 0.25) is 0 Å². The molecule has 0 heterocycles. The Morgan fingerprint density at radius 3 is 2.35 bits per heavy atom. The van der Waals surface area contributed by atoms with Crippen molar-refractivity contribution in [1.82, 2.24) is 4.90 Å². The Kier molecular flexibility index (Phi) is 4.01. The third kappa shape index (κ3) is 2.90. The molecule has 1 heteroatoms. The van der Waals surface area contributed by atoms with Gasteiger partial charge in [0.25, 0.3) is 0 Å². The molecule has 0 N–H and O–H groups in total. The number of aryl methyl sites for hydroxylation is 2. The predicted octanol–water partition coefficient (Wildman–Crippen LogP) is 3.71. The Labute approximate surface area is 106 Å². The van der Waals surface area contributed by atoms with Crippen LogP contribution in [-0.4, -0.2) is 17.5 Å². The predicted molar refractivity (Wildman–Crippen MR) is 75.0 cm³/mol. The summed E-state index contributed by atoms with van der Waals surface area (Å²) in [6.07, 6.45) is 5.59. The normalized spacial score (nSPS) is 13.5. The molecule has 0 bridgehead atoms. The molecule has 0 saturated heterocycles. The molecule has 0 fully saturated rings. The van der Waals surface area contributed by atoms with Crippen LogP contribution in [0.4, 0.5) is 0 Å². The second-order valence-corrected chi connectivity index (χ2v) is 5.35. The lowest BCUT2D eigenvalue weighted by Gasteiger charge is -2.36. The first-order valence-electron chi connectivity index (χ1n) is 6.07. The van der Waals surface area contributed by atoms with Crippen LogP contribution in [0.5, 0.6) is 0 Å². The van der Waals surface area contributed by atoms with Crippen molar-refractivity contribution in [3.05, 3.63) is 34.9 Å². The second kappa shape index (κ2) is 4.94. The van der Waals surface area contributed by atoms with E-state index in [9.17, 15) is 0 Å². The van der Waals surface area contributed by atoms with Crippen molar-refractivity contribution in [3.63, 3.8) is 0 Å². The maximum Gasteiger partial charge on any atom is 0.0768 e. The highest BCUT2D eigenvalue weighted by Crippen LogP contribution is 2.28. The van der Waals surface area contributed by atoms with Crippen LogP contribution in [0.3, 0.4) is 0 Å². The summed E-state index contributed by atoms with van der Waals surface area (Å²) in [7, 11) is 2.09. The Morgan fingerprint density at radius 2 is 1.88 bits per heavy atom. The fourth-order valence-corrected chi connectivity index (χ4v) is 2.09. The molecule has 1 unspecified atom stereocenters. The van der Waals surface area contributed by atoms with Crippen LogP contribution in [0.25, 0.3) is 0 Å². The molecule has 0 aliphatic heterocycles. The van der Waals surface area contributed by atoms with Gasteiger partial charge in [0, 0.05) is 6.04 Å². The van der Waals surface area contributed by atoms with E-state index in [0.717, 1.165) is 0 Å². The highest BCUT2D eigenvalue weighted by atomic mass is 15.2. The molecular formula is C16H23N. The average molecular weight is 229 g/mol. The van der Waals surface area contributed by atoms with Gasteiger partial charge in [-0.1, -0.05) is 29.7 Å². The van der Waals surface area contributed by atoms with Crippen molar-refractivity contribution in [3.8, 4) is 12.3 Å². The lowest BCUT2D eigenvalue weighted by atomic mass is 9.95. The average Bonchev–Trinajstić information content (AvgIpc) is 2.27. The quantitative estimate of drug-likeness (QED) is 0.714. The van der Waals surface area contributed by atoms with Crippen molar-refractivity contribution in [2.75, 3.05) is 7.05 Å². The number of rotatable bonds is 3. The largest absolute Gasteiger partial charge is 0.284 e. The van der Waals surface area contributed by atoms with Crippen molar-refractivity contribution in [1.29, 1.82) is 0 Å². The molecule has 1 aromatic carbocycles. The summed E-state index contributed by atoms with van der Waals surface area (Å²) in [5.74, 6) is 2.85. The molecule has 0 amide bonds. The summed E-state index contributed by atoms with van der Waals surface area (Å²) in [6, 6.07) is 6.91. The number of terminal acetylenes is 1. The van der Waals surface area contributed by atoms with Crippen molar-refractivity contribution in [2.24, 2.45) is 0 Å². The van der Waals surface area contributed by atoms with E-state index in [0.29, 0.717) is 6.04 Å². The van der Waals surface area contributed by atoms with Gasteiger partial charge < -0.3 is 0 Å². The molecule has 1 rings (SSSR count). The van der Waals surface area contributed by atoms with E-state index in [1.165, 1.54) is 16.7 Å². The Morgan fingerprint density at radius 1 is 1.29 bits per heavy atom. The third-order valence-electron chi connectivity index (χ3n) is 3.69. The minimum atomic E-state index is -0.225. The minimum absolute atomic E-state index is 0.225. The van der Waals surface area contributed by atoms with Crippen molar-refractivity contribution >= 4 is 0 Å². The summed E-state index contributed by atoms with van der Waals surface area (Å²) >= 11 is 0. The molecule has 0 aliphatic rings. The first-order valence-corrected chi connectivity index (χ1v) is 6.07. The van der Waals surface area contributed by atoms with E-state index in [4.69, 9.17) is 6.42 Å². The molecule has 1 atom stereocenters. The lowest BCUT2D eigenvalue weighted by Crippen LogP contribution is -2.41. The SMILES string of the molecule is C#CC(C)(C)N(C)C(C)c1ccc(C)cc1C. The van der Waals surface area contributed by atoms with E-state index < -0.39 is 0 Å². The first kappa shape index (κ1) is 13.8. The van der Waals surface area contributed by atoms with Crippen LogP contribution in [0, 0.1) is 26.2 Å². The van der Waals surface area contributed by atoms with Gasteiger partial charge in [-0.2, -0.15) is 0 Å². The Balaban J connectivity index is 3.05.